The quantitative estimate of drug-likeness (QED) is 0.555. The summed E-state index contributed by atoms with van der Waals surface area (Å²) < 4.78 is 1.80. The van der Waals surface area contributed by atoms with E-state index in [4.69, 9.17) is 5.73 Å². The lowest BCUT2D eigenvalue weighted by Gasteiger charge is -2.15. The summed E-state index contributed by atoms with van der Waals surface area (Å²) in [7, 11) is 0. The number of aromatic carboxylic acids is 1. The Kier molecular flexibility index (Phi) is 8.39. The molecule has 3 N–H and O–H groups in total. The molecule has 6 heteroatoms. The van der Waals surface area contributed by atoms with Crippen molar-refractivity contribution in [3.8, 4) is 11.1 Å². The first-order valence-electron chi connectivity index (χ1n) is 9.88. The van der Waals surface area contributed by atoms with Gasteiger partial charge < -0.3 is 15.4 Å². The Bertz CT molecular complexity index is 1060. The highest BCUT2D eigenvalue weighted by Gasteiger charge is 2.12. The number of carbonyl (C=O) groups is 1. The van der Waals surface area contributed by atoms with E-state index in [9.17, 15) is 14.7 Å². The second kappa shape index (κ2) is 10.8. The van der Waals surface area contributed by atoms with Crippen LogP contribution in [0.1, 0.15) is 46.9 Å². The third-order valence-electron chi connectivity index (χ3n) is 5.11. The predicted octanol–water partition coefficient (Wildman–Crippen LogP) is 4.48. The van der Waals surface area contributed by atoms with Gasteiger partial charge in [0.05, 0.1) is 12.1 Å². The van der Waals surface area contributed by atoms with Crippen molar-refractivity contribution < 1.29 is 9.90 Å². The fourth-order valence-electron chi connectivity index (χ4n) is 3.46. The molecule has 158 valence electrons. The molecule has 1 aromatic heterocycles. The number of pyridine rings is 1. The summed E-state index contributed by atoms with van der Waals surface area (Å²) in [6.07, 6.45) is 2.93. The molecule has 0 radical (unpaired) electrons. The average molecular weight is 427 g/mol. The number of carboxylic acids is 1. The lowest BCUT2D eigenvalue weighted by Crippen LogP contribution is -2.28. The van der Waals surface area contributed by atoms with Gasteiger partial charge >= 0.3 is 5.97 Å². The van der Waals surface area contributed by atoms with Crippen molar-refractivity contribution in [3.63, 3.8) is 0 Å². The van der Waals surface area contributed by atoms with E-state index in [1.54, 1.807) is 22.8 Å². The van der Waals surface area contributed by atoms with Gasteiger partial charge in [0.15, 0.2) is 0 Å². The second-order valence-electron chi connectivity index (χ2n) is 7.10. The van der Waals surface area contributed by atoms with Crippen molar-refractivity contribution >= 4 is 18.4 Å². The van der Waals surface area contributed by atoms with E-state index < -0.39 is 5.97 Å². The van der Waals surface area contributed by atoms with Crippen LogP contribution in [0.3, 0.4) is 0 Å². The Labute approximate surface area is 182 Å². The first kappa shape index (κ1) is 23.4. The SMILES string of the molecule is CCCCc1ccc(CN)c(=O)n1Cc1ccc(-c2ccccc2C(=O)O)cc1.Cl. The number of benzene rings is 2. The molecule has 0 aliphatic carbocycles. The highest BCUT2D eigenvalue weighted by Crippen LogP contribution is 2.24. The zero-order valence-electron chi connectivity index (χ0n) is 17.0. The largest absolute Gasteiger partial charge is 0.478 e. The van der Waals surface area contributed by atoms with E-state index in [0.717, 1.165) is 36.1 Å². The number of aryl methyl sites for hydroxylation is 1. The van der Waals surface area contributed by atoms with Gasteiger partial charge in [-0.15, -0.1) is 12.4 Å². The lowest BCUT2D eigenvalue weighted by molar-refractivity contribution is 0.0697. The molecule has 0 bridgehead atoms. The smallest absolute Gasteiger partial charge is 0.336 e. The molecule has 0 saturated carbocycles. The highest BCUT2D eigenvalue weighted by molar-refractivity contribution is 5.95. The maximum Gasteiger partial charge on any atom is 0.336 e. The molecule has 3 rings (SSSR count). The van der Waals surface area contributed by atoms with E-state index in [0.29, 0.717) is 17.7 Å². The molecule has 30 heavy (non-hydrogen) atoms. The van der Waals surface area contributed by atoms with E-state index in [1.165, 1.54) is 0 Å². The summed E-state index contributed by atoms with van der Waals surface area (Å²) in [6, 6.07) is 18.5. The minimum Gasteiger partial charge on any atom is -0.478 e. The number of nitrogens with two attached hydrogens (primary N) is 1. The summed E-state index contributed by atoms with van der Waals surface area (Å²) in [5, 5.41) is 9.41. The van der Waals surface area contributed by atoms with Gasteiger partial charge in [-0.2, -0.15) is 0 Å². The van der Waals surface area contributed by atoms with Gasteiger partial charge in [-0.1, -0.05) is 61.9 Å². The topological polar surface area (TPSA) is 85.3 Å². The summed E-state index contributed by atoms with van der Waals surface area (Å²) in [6.45, 7) is 2.81. The van der Waals surface area contributed by atoms with Crippen molar-refractivity contribution in [2.45, 2.75) is 39.3 Å². The first-order chi connectivity index (χ1) is 14.0. The highest BCUT2D eigenvalue weighted by atomic mass is 35.5. The molecule has 0 saturated heterocycles. The number of aromatic nitrogens is 1. The fourth-order valence-corrected chi connectivity index (χ4v) is 3.46. The maximum absolute atomic E-state index is 12.8. The number of hydrogen-bond acceptors (Lipinski definition) is 3. The molecule has 5 nitrogen and oxygen atoms in total. The van der Waals surface area contributed by atoms with E-state index in [2.05, 4.69) is 6.92 Å². The maximum atomic E-state index is 12.8. The van der Waals surface area contributed by atoms with Crippen LogP contribution in [0.5, 0.6) is 0 Å². The molecule has 0 aliphatic rings. The van der Waals surface area contributed by atoms with Crippen LogP contribution in [0.25, 0.3) is 11.1 Å². The van der Waals surface area contributed by atoms with Crippen molar-refractivity contribution in [1.29, 1.82) is 0 Å². The molecule has 0 unspecified atom stereocenters. The van der Waals surface area contributed by atoms with Crippen molar-refractivity contribution in [2.75, 3.05) is 0 Å². The van der Waals surface area contributed by atoms with Gasteiger partial charge in [0.2, 0.25) is 0 Å². The summed E-state index contributed by atoms with van der Waals surface area (Å²) in [5.74, 6) is -0.949. The number of hydrogen-bond donors (Lipinski definition) is 2. The number of unbranched alkanes of at least 4 members (excludes halogenated alkanes) is 1. The summed E-state index contributed by atoms with van der Waals surface area (Å²) in [5.41, 5.74) is 10.1. The zero-order valence-corrected chi connectivity index (χ0v) is 17.8. The van der Waals surface area contributed by atoms with Gasteiger partial charge in [0.1, 0.15) is 0 Å². The van der Waals surface area contributed by atoms with Gasteiger partial charge in [0.25, 0.3) is 5.56 Å². The molecule has 2 aromatic carbocycles. The molecule has 1 heterocycles. The Balaban J connectivity index is 0.00000320. The van der Waals surface area contributed by atoms with E-state index >= 15 is 0 Å². The Hall–Kier alpha value is -2.89. The molecule has 3 aromatic rings. The van der Waals surface area contributed by atoms with E-state index in [1.807, 2.05) is 42.5 Å². The van der Waals surface area contributed by atoms with Crippen LogP contribution in [0.2, 0.25) is 0 Å². The van der Waals surface area contributed by atoms with Crippen molar-refractivity contribution in [2.24, 2.45) is 5.73 Å². The predicted molar refractivity (Wildman–Crippen MR) is 122 cm³/mol. The third kappa shape index (κ3) is 5.17. The zero-order chi connectivity index (χ0) is 20.8. The molecule has 0 atom stereocenters. The van der Waals surface area contributed by atoms with Crippen LogP contribution < -0.4 is 11.3 Å². The van der Waals surface area contributed by atoms with Crippen LogP contribution in [-0.4, -0.2) is 15.6 Å². The van der Waals surface area contributed by atoms with Gasteiger partial charge in [-0.25, -0.2) is 4.79 Å². The average Bonchev–Trinajstić information content (AvgIpc) is 2.74. The minimum absolute atomic E-state index is 0. The minimum atomic E-state index is -0.949. The standard InChI is InChI=1S/C24H26N2O3.ClH/c1-2-3-6-20-14-13-19(15-25)23(27)26(20)16-17-9-11-18(12-10-17)21-7-4-5-8-22(21)24(28)29;/h4-5,7-14H,2-3,6,15-16,25H2,1H3,(H,28,29);1H. The van der Waals surface area contributed by atoms with Crippen molar-refractivity contribution in [1.82, 2.24) is 4.57 Å². The number of carboxylic acid groups (broad SMARTS) is 1. The van der Waals surface area contributed by atoms with Crippen LogP contribution in [0.15, 0.2) is 65.5 Å². The normalized spacial score (nSPS) is 10.5. The molecular weight excluding hydrogens is 400 g/mol. The van der Waals surface area contributed by atoms with E-state index in [-0.39, 0.29) is 30.1 Å². The van der Waals surface area contributed by atoms with Crippen molar-refractivity contribution in [3.05, 3.63) is 93.4 Å². The first-order valence-corrected chi connectivity index (χ1v) is 9.88. The fraction of sp³-hybridized carbons (Fsp3) is 0.250. The van der Waals surface area contributed by atoms with Crippen LogP contribution in [0.4, 0.5) is 0 Å². The van der Waals surface area contributed by atoms with Gasteiger partial charge in [-0.3, -0.25) is 4.79 Å². The van der Waals surface area contributed by atoms with Crippen LogP contribution in [-0.2, 0) is 19.5 Å². The molecule has 0 fully saturated rings. The summed E-state index contributed by atoms with van der Waals surface area (Å²) >= 11 is 0. The molecular formula is C24H27ClN2O3. The Morgan fingerprint density at radius 1 is 1.03 bits per heavy atom. The van der Waals surface area contributed by atoms with Gasteiger partial charge in [0, 0.05) is 17.8 Å². The third-order valence-corrected chi connectivity index (χ3v) is 5.11. The van der Waals surface area contributed by atoms with Gasteiger partial charge in [-0.05, 0) is 41.7 Å². The van der Waals surface area contributed by atoms with Crippen LogP contribution >= 0.6 is 12.4 Å². The number of rotatable bonds is 8. The Morgan fingerprint density at radius 2 is 1.73 bits per heavy atom. The molecule has 0 aliphatic heterocycles. The molecule has 0 amide bonds. The Morgan fingerprint density at radius 3 is 2.37 bits per heavy atom. The lowest BCUT2D eigenvalue weighted by atomic mass is 9.98. The van der Waals surface area contributed by atoms with Crippen LogP contribution in [0, 0.1) is 0 Å². The number of nitrogens with zero attached hydrogens (tertiary/aromatic N) is 1. The monoisotopic (exact) mass is 426 g/mol. The summed E-state index contributed by atoms with van der Waals surface area (Å²) in [4.78, 5) is 24.3. The molecule has 0 spiro atoms. The second-order valence-corrected chi connectivity index (χ2v) is 7.10. The number of halogens is 1.